The van der Waals surface area contributed by atoms with Crippen molar-refractivity contribution in [3.05, 3.63) is 12.2 Å². The SMILES string of the molecule is C=C(C)C(=O)O.CC(Cl)C(C)(C)N. The molecule has 0 aromatic carbocycles. The summed E-state index contributed by atoms with van der Waals surface area (Å²) in [4.78, 5) is 9.60. The van der Waals surface area contributed by atoms with Gasteiger partial charge in [0, 0.05) is 16.5 Å². The van der Waals surface area contributed by atoms with E-state index in [1.807, 2.05) is 20.8 Å². The fourth-order valence-corrected chi connectivity index (χ4v) is 0. The first kappa shape index (κ1) is 15.0. The Morgan fingerprint density at radius 3 is 1.77 bits per heavy atom. The van der Waals surface area contributed by atoms with Gasteiger partial charge in [0.2, 0.25) is 0 Å². The average molecular weight is 208 g/mol. The number of aliphatic carboxylic acids is 1. The molecular weight excluding hydrogens is 190 g/mol. The summed E-state index contributed by atoms with van der Waals surface area (Å²) >= 11 is 5.63. The van der Waals surface area contributed by atoms with Gasteiger partial charge in [-0.1, -0.05) is 6.58 Å². The minimum Gasteiger partial charge on any atom is -0.478 e. The van der Waals surface area contributed by atoms with Crippen LogP contribution in [0.25, 0.3) is 0 Å². The zero-order valence-corrected chi connectivity index (χ0v) is 9.35. The normalized spacial score (nSPS) is 12.5. The molecule has 1 unspecified atom stereocenters. The molecular formula is C9H18ClNO2. The number of carbonyl (C=O) groups is 1. The monoisotopic (exact) mass is 207 g/mol. The van der Waals surface area contributed by atoms with E-state index in [0.29, 0.717) is 0 Å². The molecule has 0 radical (unpaired) electrons. The third kappa shape index (κ3) is 11.5. The molecule has 1 atom stereocenters. The van der Waals surface area contributed by atoms with E-state index in [1.54, 1.807) is 0 Å². The minimum absolute atomic E-state index is 0.0486. The largest absolute Gasteiger partial charge is 0.478 e. The fraction of sp³-hybridized carbons (Fsp3) is 0.667. The summed E-state index contributed by atoms with van der Waals surface area (Å²) < 4.78 is 0. The number of rotatable bonds is 2. The van der Waals surface area contributed by atoms with Gasteiger partial charge in [-0.2, -0.15) is 0 Å². The van der Waals surface area contributed by atoms with Gasteiger partial charge < -0.3 is 10.8 Å². The number of hydrogen-bond acceptors (Lipinski definition) is 2. The molecule has 0 amide bonds. The molecule has 0 aromatic rings. The summed E-state index contributed by atoms with van der Waals surface area (Å²) in [5.74, 6) is -0.935. The lowest BCUT2D eigenvalue weighted by Gasteiger charge is -2.20. The van der Waals surface area contributed by atoms with Crippen molar-refractivity contribution in [2.75, 3.05) is 0 Å². The van der Waals surface area contributed by atoms with E-state index in [2.05, 4.69) is 6.58 Å². The Bertz CT molecular complexity index is 171. The van der Waals surface area contributed by atoms with Gasteiger partial charge >= 0.3 is 5.97 Å². The summed E-state index contributed by atoms with van der Waals surface area (Å²) in [6, 6.07) is 0. The molecule has 0 fully saturated rings. The standard InChI is InChI=1S/C5H12ClN.C4H6O2/c1-4(6)5(2,3)7;1-3(2)4(5)6/h4H,7H2,1-3H3;1H2,2H3,(H,5,6). The van der Waals surface area contributed by atoms with Crippen molar-refractivity contribution in [1.82, 2.24) is 0 Å². The van der Waals surface area contributed by atoms with E-state index >= 15 is 0 Å². The Balaban J connectivity index is 0. The summed E-state index contributed by atoms with van der Waals surface area (Å²) in [6.45, 7) is 10.3. The van der Waals surface area contributed by atoms with E-state index in [9.17, 15) is 4.79 Å². The maximum Gasteiger partial charge on any atom is 0.330 e. The molecule has 78 valence electrons. The van der Waals surface area contributed by atoms with Gasteiger partial charge in [0.1, 0.15) is 0 Å². The van der Waals surface area contributed by atoms with E-state index in [-0.39, 0.29) is 16.5 Å². The topological polar surface area (TPSA) is 63.3 Å². The predicted octanol–water partition coefficient (Wildman–Crippen LogP) is 2.00. The lowest BCUT2D eigenvalue weighted by molar-refractivity contribution is -0.132. The molecule has 0 aliphatic carbocycles. The maximum absolute atomic E-state index is 9.60. The number of carboxylic acid groups (broad SMARTS) is 1. The van der Waals surface area contributed by atoms with Crippen molar-refractivity contribution in [1.29, 1.82) is 0 Å². The lowest BCUT2D eigenvalue weighted by Crippen LogP contribution is -2.40. The molecule has 0 bridgehead atoms. The molecule has 0 heterocycles. The Morgan fingerprint density at radius 1 is 1.62 bits per heavy atom. The van der Waals surface area contributed by atoms with Crippen LogP contribution in [0.5, 0.6) is 0 Å². The second kappa shape index (κ2) is 6.00. The van der Waals surface area contributed by atoms with Crippen LogP contribution in [0.4, 0.5) is 0 Å². The summed E-state index contributed by atoms with van der Waals surface area (Å²) in [7, 11) is 0. The number of alkyl halides is 1. The van der Waals surface area contributed by atoms with E-state index < -0.39 is 5.97 Å². The molecule has 0 aromatic heterocycles. The van der Waals surface area contributed by atoms with Gasteiger partial charge in [-0.3, -0.25) is 0 Å². The quantitative estimate of drug-likeness (QED) is 0.538. The van der Waals surface area contributed by atoms with Crippen LogP contribution in [0.2, 0.25) is 0 Å². The van der Waals surface area contributed by atoms with Crippen LogP contribution >= 0.6 is 11.6 Å². The Hall–Kier alpha value is -0.540. The van der Waals surface area contributed by atoms with E-state index in [4.69, 9.17) is 22.4 Å². The van der Waals surface area contributed by atoms with E-state index in [1.165, 1.54) is 6.92 Å². The third-order valence-corrected chi connectivity index (χ3v) is 1.95. The first-order chi connectivity index (χ1) is 5.59. The highest BCUT2D eigenvalue weighted by Gasteiger charge is 2.16. The van der Waals surface area contributed by atoms with Crippen molar-refractivity contribution in [2.24, 2.45) is 5.73 Å². The first-order valence-electron chi connectivity index (χ1n) is 3.90. The average Bonchev–Trinajstić information content (AvgIpc) is 1.86. The van der Waals surface area contributed by atoms with Gasteiger partial charge in [-0.15, -0.1) is 11.6 Å². The van der Waals surface area contributed by atoms with Gasteiger partial charge in [0.15, 0.2) is 0 Å². The predicted molar refractivity (Wildman–Crippen MR) is 56.0 cm³/mol. The van der Waals surface area contributed by atoms with E-state index in [0.717, 1.165) is 0 Å². The number of nitrogens with two attached hydrogens (primary N) is 1. The number of hydrogen-bond donors (Lipinski definition) is 2. The Kier molecular flexibility index (Phi) is 6.90. The second-order valence-corrected chi connectivity index (χ2v) is 4.18. The van der Waals surface area contributed by atoms with Gasteiger partial charge in [0.25, 0.3) is 0 Å². The van der Waals surface area contributed by atoms with Crippen molar-refractivity contribution in [3.8, 4) is 0 Å². The fourth-order valence-electron chi connectivity index (χ4n) is 0. The Morgan fingerprint density at radius 2 is 1.77 bits per heavy atom. The molecule has 0 saturated heterocycles. The van der Waals surface area contributed by atoms with Crippen molar-refractivity contribution < 1.29 is 9.90 Å². The minimum atomic E-state index is -0.935. The summed E-state index contributed by atoms with van der Waals surface area (Å²) in [5.41, 5.74) is 5.49. The number of carboxylic acids is 1. The molecule has 0 saturated carbocycles. The Labute approximate surface area is 84.6 Å². The van der Waals surface area contributed by atoms with Gasteiger partial charge in [-0.25, -0.2) is 4.79 Å². The van der Waals surface area contributed by atoms with Crippen LogP contribution < -0.4 is 5.73 Å². The molecule has 0 aliphatic heterocycles. The van der Waals surface area contributed by atoms with Crippen LogP contribution in [0.3, 0.4) is 0 Å². The summed E-state index contributed by atoms with van der Waals surface area (Å²) in [6.07, 6.45) is 0. The highest BCUT2D eigenvalue weighted by molar-refractivity contribution is 6.21. The van der Waals surface area contributed by atoms with Crippen molar-refractivity contribution >= 4 is 17.6 Å². The first-order valence-corrected chi connectivity index (χ1v) is 4.34. The number of halogens is 1. The maximum atomic E-state index is 9.60. The highest BCUT2D eigenvalue weighted by atomic mass is 35.5. The second-order valence-electron chi connectivity index (χ2n) is 3.52. The summed E-state index contributed by atoms with van der Waals surface area (Å²) in [5, 5.41) is 7.94. The zero-order valence-electron chi connectivity index (χ0n) is 8.60. The third-order valence-electron chi connectivity index (χ3n) is 1.39. The molecule has 13 heavy (non-hydrogen) atoms. The van der Waals surface area contributed by atoms with Crippen LogP contribution in [0, 0.1) is 0 Å². The van der Waals surface area contributed by atoms with Crippen molar-refractivity contribution in [2.45, 2.75) is 38.6 Å². The van der Waals surface area contributed by atoms with Crippen LogP contribution in [-0.4, -0.2) is 22.0 Å². The highest BCUT2D eigenvalue weighted by Crippen LogP contribution is 2.09. The van der Waals surface area contributed by atoms with Gasteiger partial charge in [-0.05, 0) is 27.7 Å². The van der Waals surface area contributed by atoms with Crippen molar-refractivity contribution in [3.63, 3.8) is 0 Å². The molecule has 3 N–H and O–H groups in total. The van der Waals surface area contributed by atoms with Gasteiger partial charge in [0.05, 0.1) is 0 Å². The molecule has 0 aliphatic rings. The van der Waals surface area contributed by atoms with Crippen LogP contribution in [-0.2, 0) is 4.79 Å². The molecule has 0 rings (SSSR count). The molecule has 3 nitrogen and oxygen atoms in total. The zero-order chi connectivity index (χ0) is 11.2. The molecule has 4 heteroatoms. The van der Waals surface area contributed by atoms with Crippen LogP contribution in [0.1, 0.15) is 27.7 Å². The molecule has 0 spiro atoms. The lowest BCUT2D eigenvalue weighted by atomic mass is 10.0. The smallest absolute Gasteiger partial charge is 0.330 e. The van der Waals surface area contributed by atoms with Crippen LogP contribution in [0.15, 0.2) is 12.2 Å².